The average Bonchev–Trinajstić information content (AvgIpc) is 3.05. The summed E-state index contributed by atoms with van der Waals surface area (Å²) in [6, 6.07) is 19.4. The Morgan fingerprint density at radius 2 is 1.60 bits per heavy atom. The van der Waals surface area contributed by atoms with E-state index >= 15 is 0 Å². The van der Waals surface area contributed by atoms with Gasteiger partial charge >= 0.3 is 5.97 Å². The number of carboxylic acids is 1. The smallest absolute Gasteiger partial charge is 0.303 e. The Balaban J connectivity index is 1.32. The minimum atomic E-state index is -0.916. The second-order valence-electron chi connectivity index (χ2n) is 11.7. The number of ether oxygens (including phenoxy) is 4. The molecule has 45 heavy (non-hydrogen) atoms. The third-order valence-electron chi connectivity index (χ3n) is 8.62. The van der Waals surface area contributed by atoms with E-state index in [1.54, 1.807) is 26.4 Å². The Hall–Kier alpha value is -3.96. The first-order chi connectivity index (χ1) is 21.8. The van der Waals surface area contributed by atoms with E-state index in [-0.39, 0.29) is 49.9 Å². The van der Waals surface area contributed by atoms with Crippen molar-refractivity contribution >= 4 is 17.6 Å². The summed E-state index contributed by atoms with van der Waals surface area (Å²) in [6.07, 6.45) is 0.271. The van der Waals surface area contributed by atoms with Gasteiger partial charge in [0.15, 0.2) is 17.8 Å². The number of aliphatic hydroxyl groups is 1. The zero-order chi connectivity index (χ0) is 31.9. The van der Waals surface area contributed by atoms with E-state index in [0.717, 1.165) is 47.7 Å². The molecular weight excluding hydrogens is 576 g/mol. The van der Waals surface area contributed by atoms with Crippen molar-refractivity contribution in [3.05, 3.63) is 88.5 Å². The molecule has 2 aliphatic heterocycles. The number of nitrogens with one attached hydrogen (secondary N) is 1. The van der Waals surface area contributed by atoms with Crippen molar-refractivity contribution in [2.24, 2.45) is 5.92 Å². The van der Waals surface area contributed by atoms with Crippen LogP contribution in [-0.2, 0) is 38.6 Å². The average molecular weight is 619 g/mol. The molecule has 3 aromatic carbocycles. The van der Waals surface area contributed by atoms with Gasteiger partial charge in [0.05, 0.1) is 33.0 Å². The van der Waals surface area contributed by atoms with Crippen LogP contribution in [0.5, 0.6) is 11.5 Å². The molecule has 3 aromatic rings. The number of benzene rings is 3. The third-order valence-corrected chi connectivity index (χ3v) is 8.62. The number of fused-ring (bicyclic) bond motifs is 1. The van der Waals surface area contributed by atoms with Crippen LogP contribution in [0.4, 0.5) is 5.69 Å². The molecule has 10 nitrogen and oxygen atoms in total. The topological polar surface area (TPSA) is 127 Å². The standard InChI is InChI=1S/C35H42N2O8/c1-22-31(20-37-16-15-26-17-29(42-2)30(43-3)18-27(26)19-37)44-35(45-34(22)24-9-7-23(21-38)8-10-24)25-11-13-28(14-12-25)36-32(39)5-4-6-33(40)41/h7-14,17-18,22,31,34-35,38H,4-6,15-16,19-21H2,1-3H3,(H,36,39)(H,40,41). The lowest BCUT2D eigenvalue weighted by Crippen LogP contribution is -2.45. The first-order valence-electron chi connectivity index (χ1n) is 15.4. The molecule has 5 rings (SSSR count). The Morgan fingerprint density at radius 1 is 0.933 bits per heavy atom. The fraction of sp³-hybridized carbons (Fsp3) is 0.429. The molecule has 4 unspecified atom stereocenters. The fourth-order valence-electron chi connectivity index (χ4n) is 6.03. The lowest BCUT2D eigenvalue weighted by Gasteiger charge is -2.43. The van der Waals surface area contributed by atoms with Crippen molar-refractivity contribution in [3.63, 3.8) is 0 Å². The SMILES string of the molecule is COc1cc2c(cc1OC)CN(CC1OC(c3ccc(NC(=O)CCCC(=O)O)cc3)OC(c3ccc(CO)cc3)C1C)CC2. The van der Waals surface area contributed by atoms with Gasteiger partial charge in [0.1, 0.15) is 0 Å². The maximum Gasteiger partial charge on any atom is 0.303 e. The predicted octanol–water partition coefficient (Wildman–Crippen LogP) is 5.24. The second kappa shape index (κ2) is 14.9. The molecule has 0 aromatic heterocycles. The monoisotopic (exact) mass is 618 g/mol. The zero-order valence-electron chi connectivity index (χ0n) is 26.0. The molecular formula is C35H42N2O8. The van der Waals surface area contributed by atoms with Gasteiger partial charge in [0.2, 0.25) is 5.91 Å². The van der Waals surface area contributed by atoms with Crippen molar-refractivity contribution in [3.8, 4) is 11.5 Å². The van der Waals surface area contributed by atoms with Gasteiger partial charge < -0.3 is 34.5 Å². The second-order valence-corrected chi connectivity index (χ2v) is 11.7. The summed E-state index contributed by atoms with van der Waals surface area (Å²) in [6.45, 7) is 4.50. The van der Waals surface area contributed by atoms with E-state index in [9.17, 15) is 14.7 Å². The first-order valence-corrected chi connectivity index (χ1v) is 15.4. The van der Waals surface area contributed by atoms with Gasteiger partial charge in [-0.15, -0.1) is 0 Å². The largest absolute Gasteiger partial charge is 0.493 e. The Labute approximate surface area is 263 Å². The minimum absolute atomic E-state index is 0.0226. The summed E-state index contributed by atoms with van der Waals surface area (Å²) in [5, 5.41) is 21.2. The van der Waals surface area contributed by atoms with Gasteiger partial charge in [0, 0.05) is 49.6 Å². The van der Waals surface area contributed by atoms with Crippen LogP contribution in [0, 0.1) is 5.92 Å². The van der Waals surface area contributed by atoms with Gasteiger partial charge in [-0.2, -0.15) is 0 Å². The van der Waals surface area contributed by atoms with Crippen LogP contribution in [0.25, 0.3) is 0 Å². The Kier molecular flexibility index (Phi) is 10.7. The lowest BCUT2D eigenvalue weighted by molar-refractivity contribution is -0.276. The highest BCUT2D eigenvalue weighted by molar-refractivity contribution is 5.90. The van der Waals surface area contributed by atoms with Crippen LogP contribution in [0.1, 0.15) is 66.4 Å². The molecule has 2 heterocycles. The summed E-state index contributed by atoms with van der Waals surface area (Å²) < 4.78 is 24.3. The van der Waals surface area contributed by atoms with Crippen LogP contribution >= 0.6 is 0 Å². The molecule has 0 spiro atoms. The van der Waals surface area contributed by atoms with Gasteiger partial charge in [-0.1, -0.05) is 43.3 Å². The molecule has 0 aliphatic carbocycles. The summed E-state index contributed by atoms with van der Waals surface area (Å²) in [7, 11) is 3.31. The number of aliphatic carboxylic acids is 1. The van der Waals surface area contributed by atoms with E-state index in [0.29, 0.717) is 12.2 Å². The van der Waals surface area contributed by atoms with Crippen LogP contribution < -0.4 is 14.8 Å². The molecule has 2 aliphatic rings. The number of carbonyl (C=O) groups is 2. The molecule has 1 amide bonds. The molecule has 0 radical (unpaired) electrons. The van der Waals surface area contributed by atoms with Crippen molar-refractivity contribution < 1.29 is 38.7 Å². The molecule has 0 bridgehead atoms. The maximum absolute atomic E-state index is 12.3. The number of rotatable bonds is 12. The number of nitrogens with zero attached hydrogens (tertiary/aromatic N) is 1. The normalized spacial score (nSPS) is 21.5. The summed E-state index contributed by atoms with van der Waals surface area (Å²) >= 11 is 0. The summed E-state index contributed by atoms with van der Waals surface area (Å²) in [5.74, 6) is 0.361. The number of amides is 1. The highest BCUT2D eigenvalue weighted by Gasteiger charge is 2.39. The van der Waals surface area contributed by atoms with Gasteiger partial charge in [0.25, 0.3) is 0 Å². The first kappa shape index (κ1) is 32.4. The van der Waals surface area contributed by atoms with E-state index in [2.05, 4.69) is 29.3 Å². The number of aliphatic hydroxyl groups excluding tert-OH is 1. The number of hydrogen-bond donors (Lipinski definition) is 3. The van der Waals surface area contributed by atoms with Gasteiger partial charge in [-0.25, -0.2) is 0 Å². The highest BCUT2D eigenvalue weighted by atomic mass is 16.7. The van der Waals surface area contributed by atoms with Crippen LogP contribution in [-0.4, -0.2) is 60.4 Å². The number of carboxylic acid groups (broad SMARTS) is 1. The predicted molar refractivity (Wildman–Crippen MR) is 168 cm³/mol. The number of carbonyl (C=O) groups excluding carboxylic acids is 1. The van der Waals surface area contributed by atoms with E-state index in [1.165, 1.54) is 11.1 Å². The number of anilines is 1. The molecule has 0 saturated carbocycles. The number of hydrogen-bond acceptors (Lipinski definition) is 8. The van der Waals surface area contributed by atoms with Crippen LogP contribution in [0.15, 0.2) is 60.7 Å². The highest BCUT2D eigenvalue weighted by Crippen LogP contribution is 2.42. The molecule has 3 N–H and O–H groups in total. The van der Waals surface area contributed by atoms with Crippen molar-refractivity contribution in [1.29, 1.82) is 0 Å². The fourth-order valence-corrected chi connectivity index (χ4v) is 6.03. The van der Waals surface area contributed by atoms with Gasteiger partial charge in [-0.3, -0.25) is 14.5 Å². The Bertz CT molecular complexity index is 1460. The molecule has 1 saturated heterocycles. The maximum atomic E-state index is 12.3. The quantitative estimate of drug-likeness (QED) is 0.250. The van der Waals surface area contributed by atoms with Crippen LogP contribution in [0.3, 0.4) is 0 Å². The minimum Gasteiger partial charge on any atom is -0.493 e. The zero-order valence-corrected chi connectivity index (χ0v) is 26.0. The Morgan fingerprint density at radius 3 is 2.24 bits per heavy atom. The van der Waals surface area contributed by atoms with Gasteiger partial charge in [-0.05, 0) is 59.4 Å². The summed E-state index contributed by atoms with van der Waals surface area (Å²) in [5.41, 5.74) is 5.78. The van der Waals surface area contributed by atoms with Crippen molar-refractivity contribution in [1.82, 2.24) is 4.90 Å². The number of methoxy groups -OCH3 is 2. The molecule has 4 atom stereocenters. The molecule has 10 heteroatoms. The van der Waals surface area contributed by atoms with Crippen LogP contribution in [0.2, 0.25) is 0 Å². The third kappa shape index (κ3) is 8.01. The molecule has 1 fully saturated rings. The summed E-state index contributed by atoms with van der Waals surface area (Å²) in [4.78, 5) is 25.4. The van der Waals surface area contributed by atoms with Crippen molar-refractivity contribution in [2.45, 2.75) is 64.3 Å². The van der Waals surface area contributed by atoms with E-state index in [1.807, 2.05) is 36.4 Å². The lowest BCUT2D eigenvalue weighted by atomic mass is 9.89. The van der Waals surface area contributed by atoms with Crippen molar-refractivity contribution in [2.75, 3.05) is 32.6 Å². The van der Waals surface area contributed by atoms with E-state index < -0.39 is 12.3 Å². The van der Waals surface area contributed by atoms with E-state index in [4.69, 9.17) is 24.1 Å². The molecule has 240 valence electrons.